The van der Waals surface area contributed by atoms with E-state index in [9.17, 15) is 0 Å². The zero-order valence-electron chi connectivity index (χ0n) is 48.4. The van der Waals surface area contributed by atoms with E-state index in [2.05, 4.69) is 357 Å². The SMILES string of the molecule is c1ccc(N(c2ccccc2)c2cc3c4c(c2)N(c2ccccc2)c2cc5c(cc2B4c2ccccc2N3c2ccccc2)B2c3c(cc(N(c4ccccc4)c4ccccc4)cc3N(c3ccccc3)c3[se]c4ccccc4c32)N5c2ccccc2)cc1. The van der Waals surface area contributed by atoms with Crippen LogP contribution in [0.5, 0.6) is 0 Å². The minimum absolute atomic E-state index is 0.0225. The van der Waals surface area contributed by atoms with E-state index in [1.54, 1.807) is 0 Å². The second-order valence-electron chi connectivity index (χ2n) is 23.2. The molecule has 0 unspecified atom stereocenters. The summed E-state index contributed by atoms with van der Waals surface area (Å²) in [6.07, 6.45) is 0. The Kier molecular flexibility index (Phi) is 12.0. The van der Waals surface area contributed by atoms with Gasteiger partial charge in [0, 0.05) is 11.4 Å². The van der Waals surface area contributed by atoms with Crippen molar-refractivity contribution in [3.63, 3.8) is 0 Å². The molecule has 0 saturated heterocycles. The first-order chi connectivity index (χ1) is 44.2. The van der Waals surface area contributed by atoms with E-state index in [-0.39, 0.29) is 27.9 Å². The van der Waals surface area contributed by atoms with Crippen LogP contribution in [0, 0.1) is 0 Å². The average molecular weight is 1200 g/mol. The summed E-state index contributed by atoms with van der Waals surface area (Å²) >= 11 is -0.0225. The van der Waals surface area contributed by atoms with Gasteiger partial charge in [0.15, 0.2) is 0 Å². The fourth-order valence-electron chi connectivity index (χ4n) is 14.7. The molecule has 0 spiro atoms. The maximum absolute atomic E-state index is 2.67. The summed E-state index contributed by atoms with van der Waals surface area (Å²) in [4.78, 5) is 15.2. The summed E-state index contributed by atoms with van der Waals surface area (Å²) in [5.41, 5.74) is 26.8. The fourth-order valence-corrected chi connectivity index (χ4v) is 17.4. The van der Waals surface area contributed by atoms with Gasteiger partial charge in [-0.1, -0.05) is 54.6 Å². The first kappa shape index (κ1) is 51.3. The molecule has 6 nitrogen and oxygen atoms in total. The van der Waals surface area contributed by atoms with Crippen LogP contribution in [0.25, 0.3) is 9.65 Å². The Morgan fingerprint density at radius 3 is 1.02 bits per heavy atom. The zero-order chi connectivity index (χ0) is 58.5. The van der Waals surface area contributed by atoms with Crippen molar-refractivity contribution in [2.45, 2.75) is 0 Å². The van der Waals surface area contributed by atoms with Crippen molar-refractivity contribution in [3.05, 3.63) is 328 Å². The van der Waals surface area contributed by atoms with E-state index in [4.69, 9.17) is 0 Å². The third-order valence-electron chi connectivity index (χ3n) is 18.3. The third kappa shape index (κ3) is 8.13. The summed E-state index contributed by atoms with van der Waals surface area (Å²) in [5.74, 6) is 0. The third-order valence-corrected chi connectivity index (χ3v) is 20.7. The predicted octanol–water partition coefficient (Wildman–Crippen LogP) is 17.0. The van der Waals surface area contributed by atoms with E-state index in [0.29, 0.717) is 0 Å². The van der Waals surface area contributed by atoms with Crippen LogP contribution in [0.4, 0.5) is 101 Å². The summed E-state index contributed by atoms with van der Waals surface area (Å²) in [6, 6.07) is 121. The Morgan fingerprint density at radius 1 is 0.236 bits per heavy atom. The van der Waals surface area contributed by atoms with Crippen LogP contribution in [0.15, 0.2) is 328 Å². The van der Waals surface area contributed by atoms with E-state index in [0.717, 1.165) is 85.3 Å². The first-order valence-electron chi connectivity index (χ1n) is 30.6. The van der Waals surface area contributed by atoms with Gasteiger partial charge in [-0.3, -0.25) is 0 Å². The monoisotopic (exact) mass is 1200 g/mol. The standard InChI is InChI=1S/C80H54B2N6Se/c1-9-29-55(30-10-1)83(56-31-11-2-12-32-56)63-49-72-78-73(50-63)86(60-39-19-6-20-40-60)70-54-71-68(53-67(70)81(78)66-46-26-27-47-69(66)85(72)59-37-17-5-18-38-59)82-77-65-45-25-28-48-76(65)89-80(77)88(62-43-23-8-24-44-62)75-52-64(51-74(79(75)82)87(71)61-41-21-7-22-42-61)84(57-33-13-3-14-34-57)58-35-15-4-16-36-58/h1-54H. The first-order valence-corrected chi connectivity index (χ1v) is 32.3. The molecule has 0 radical (unpaired) electrons. The van der Waals surface area contributed by atoms with Gasteiger partial charge in [0.05, 0.1) is 0 Å². The topological polar surface area (TPSA) is 19.4 Å². The van der Waals surface area contributed by atoms with Crippen molar-refractivity contribution in [2.24, 2.45) is 0 Å². The van der Waals surface area contributed by atoms with Crippen LogP contribution in [0.2, 0.25) is 0 Å². The molecule has 18 rings (SSSR count). The second-order valence-corrected chi connectivity index (χ2v) is 25.4. The van der Waals surface area contributed by atoms with E-state index in [1.807, 2.05) is 0 Å². The molecule has 4 aliphatic heterocycles. The largest absolute Gasteiger partial charge is 0.0602 e. The molecule has 4 aliphatic rings. The van der Waals surface area contributed by atoms with E-state index < -0.39 is 0 Å². The normalized spacial score (nSPS) is 13.0. The fraction of sp³-hybridized carbons (Fsp3) is 0. The van der Waals surface area contributed by atoms with Crippen LogP contribution in [0.1, 0.15) is 0 Å². The van der Waals surface area contributed by atoms with Gasteiger partial charge in [-0.2, -0.15) is 0 Å². The summed E-state index contributed by atoms with van der Waals surface area (Å²) in [7, 11) is 0. The molecule has 0 N–H and O–H groups in total. The molecule has 0 fully saturated rings. The van der Waals surface area contributed by atoms with Crippen LogP contribution in [0.3, 0.4) is 0 Å². The molecule has 416 valence electrons. The molecule has 1 aromatic heterocycles. The Balaban J connectivity index is 0.979. The number of para-hydroxylation sites is 9. The van der Waals surface area contributed by atoms with Gasteiger partial charge in [0.1, 0.15) is 0 Å². The molecule has 14 aromatic rings. The molecule has 13 aromatic carbocycles. The van der Waals surface area contributed by atoms with Crippen molar-refractivity contribution in [3.8, 4) is 0 Å². The van der Waals surface area contributed by atoms with Gasteiger partial charge in [0.2, 0.25) is 0 Å². The second kappa shape index (κ2) is 20.9. The van der Waals surface area contributed by atoms with Crippen molar-refractivity contribution in [1.82, 2.24) is 0 Å². The van der Waals surface area contributed by atoms with Crippen molar-refractivity contribution < 1.29 is 0 Å². The molecular formula is C80H54B2N6Se. The van der Waals surface area contributed by atoms with E-state index >= 15 is 0 Å². The molecule has 89 heavy (non-hydrogen) atoms. The number of rotatable bonds is 10. The van der Waals surface area contributed by atoms with Crippen molar-refractivity contribution in [1.29, 1.82) is 0 Å². The van der Waals surface area contributed by atoms with E-state index in [1.165, 1.54) is 58.4 Å². The molecule has 0 atom stereocenters. The molecule has 0 bridgehead atoms. The Bertz CT molecular complexity index is 4920. The van der Waals surface area contributed by atoms with Gasteiger partial charge in [-0.05, 0) is 24.3 Å². The Morgan fingerprint density at radius 2 is 0.573 bits per heavy atom. The number of fused-ring (bicyclic) bond motifs is 10. The van der Waals surface area contributed by atoms with Gasteiger partial charge < -0.3 is 0 Å². The van der Waals surface area contributed by atoms with Gasteiger partial charge in [0.25, 0.3) is 0 Å². The maximum Gasteiger partial charge on any atom is -0.0380 e. The Labute approximate surface area is 525 Å². The average Bonchev–Trinajstić information content (AvgIpc) is 1.63. The van der Waals surface area contributed by atoms with Crippen LogP contribution in [-0.2, 0) is 0 Å². The minimum atomic E-state index is -0.149. The Hall–Kier alpha value is -11.0. The quantitative estimate of drug-likeness (QED) is 0.126. The number of benzene rings is 13. The number of hydrogen-bond acceptors (Lipinski definition) is 6. The maximum atomic E-state index is 2.67. The minimum Gasteiger partial charge on any atom is -0.0602 e. The number of hydrogen-bond donors (Lipinski definition) is 0. The van der Waals surface area contributed by atoms with Gasteiger partial charge in [-0.25, -0.2) is 0 Å². The number of anilines is 18. The zero-order valence-corrected chi connectivity index (χ0v) is 50.1. The van der Waals surface area contributed by atoms with Crippen molar-refractivity contribution in [2.75, 3.05) is 29.4 Å². The van der Waals surface area contributed by atoms with Gasteiger partial charge in [-0.15, -0.1) is 0 Å². The van der Waals surface area contributed by atoms with Crippen LogP contribution in [-0.4, -0.2) is 27.9 Å². The molecule has 0 aliphatic carbocycles. The van der Waals surface area contributed by atoms with Gasteiger partial charge >= 0.3 is 438 Å². The molecule has 0 saturated carbocycles. The summed E-state index contributed by atoms with van der Waals surface area (Å²) in [6.45, 7) is -0.279. The molecule has 9 heteroatoms. The summed E-state index contributed by atoms with van der Waals surface area (Å²) < 4.78 is 2.79. The van der Waals surface area contributed by atoms with Crippen LogP contribution < -0.4 is 62.2 Å². The molecule has 5 heterocycles. The smallest absolute Gasteiger partial charge is 0.0380 e. The van der Waals surface area contributed by atoms with Crippen molar-refractivity contribution >= 4 is 172 Å². The predicted molar refractivity (Wildman–Crippen MR) is 378 cm³/mol. The molecular weight excluding hydrogens is 1150 g/mol. The number of nitrogens with zero attached hydrogens (tertiary/aromatic N) is 6. The molecule has 0 amide bonds. The summed E-state index contributed by atoms with van der Waals surface area (Å²) in [5, 5.41) is 1.34. The van der Waals surface area contributed by atoms with Crippen LogP contribution >= 0.6 is 0 Å².